The normalized spacial score (nSPS) is 12.3. The number of carboxylic acids is 1. The van der Waals surface area contributed by atoms with E-state index >= 15 is 0 Å². The Kier molecular flexibility index (Phi) is 5.59. The third kappa shape index (κ3) is 4.58. The number of hydrogen-bond acceptors (Lipinski definition) is 4. The van der Waals surface area contributed by atoms with Gasteiger partial charge in [-0.05, 0) is 6.92 Å². The summed E-state index contributed by atoms with van der Waals surface area (Å²) in [5.74, 6) is -3.88. The number of rotatable bonds is 6. The Morgan fingerprint density at radius 2 is 1.80 bits per heavy atom. The van der Waals surface area contributed by atoms with E-state index in [1.165, 1.54) is 0 Å². The number of Topliss-reactive ketones (excluding diaryl/α,β-unsaturated/α-hetero) is 1. The zero-order valence-corrected chi connectivity index (χ0v) is 9.15. The minimum atomic E-state index is -1.18. The summed E-state index contributed by atoms with van der Waals surface area (Å²) in [6.07, 6.45) is -0.504. The summed E-state index contributed by atoms with van der Waals surface area (Å²) in [5, 5.41) is 8.57. The summed E-state index contributed by atoms with van der Waals surface area (Å²) in [5.41, 5.74) is 0. The van der Waals surface area contributed by atoms with E-state index in [4.69, 9.17) is 5.11 Å². The van der Waals surface area contributed by atoms with Gasteiger partial charge in [0.1, 0.15) is 11.7 Å². The fraction of sp³-hybridized carbons (Fsp3) is 0.700. The quantitative estimate of drug-likeness (QED) is 0.526. The van der Waals surface area contributed by atoms with Gasteiger partial charge in [-0.3, -0.25) is 14.4 Å². The molecule has 0 spiro atoms. The maximum Gasteiger partial charge on any atom is 0.317 e. The maximum atomic E-state index is 11.5. The molecule has 0 aromatic heterocycles. The molecule has 0 aromatic rings. The molecule has 0 rings (SSSR count). The van der Waals surface area contributed by atoms with Crippen molar-refractivity contribution in [2.24, 2.45) is 11.8 Å². The molecule has 0 saturated heterocycles. The molecule has 5 nitrogen and oxygen atoms in total. The van der Waals surface area contributed by atoms with Crippen molar-refractivity contribution < 1.29 is 24.2 Å². The van der Waals surface area contributed by atoms with Crippen molar-refractivity contribution in [2.45, 2.75) is 27.2 Å². The average molecular weight is 216 g/mol. The van der Waals surface area contributed by atoms with E-state index in [1.807, 2.05) is 0 Å². The molecule has 0 fully saturated rings. The predicted octanol–water partition coefficient (Wildman–Crippen LogP) is 0.866. The first-order chi connectivity index (χ1) is 6.90. The van der Waals surface area contributed by atoms with E-state index in [9.17, 15) is 14.4 Å². The fourth-order valence-electron chi connectivity index (χ4n) is 1.12. The van der Waals surface area contributed by atoms with Crippen LogP contribution in [-0.4, -0.2) is 29.4 Å². The van der Waals surface area contributed by atoms with Crippen LogP contribution in [0.1, 0.15) is 27.2 Å². The third-order valence-corrected chi connectivity index (χ3v) is 1.86. The number of aliphatic carboxylic acids is 1. The first kappa shape index (κ1) is 13.6. The summed E-state index contributed by atoms with van der Waals surface area (Å²) in [4.78, 5) is 33.3. The van der Waals surface area contributed by atoms with Gasteiger partial charge in [0.2, 0.25) is 0 Å². The van der Waals surface area contributed by atoms with Gasteiger partial charge < -0.3 is 9.84 Å². The lowest BCUT2D eigenvalue weighted by Gasteiger charge is -2.14. The van der Waals surface area contributed by atoms with Crippen molar-refractivity contribution in [3.63, 3.8) is 0 Å². The van der Waals surface area contributed by atoms with Crippen molar-refractivity contribution >= 4 is 17.7 Å². The summed E-state index contributed by atoms with van der Waals surface area (Å²) in [7, 11) is 0. The monoisotopic (exact) mass is 216 g/mol. The van der Waals surface area contributed by atoms with Crippen LogP contribution in [0.5, 0.6) is 0 Å². The van der Waals surface area contributed by atoms with E-state index in [1.54, 1.807) is 20.8 Å². The average Bonchev–Trinajstić information content (AvgIpc) is 2.13. The van der Waals surface area contributed by atoms with E-state index < -0.39 is 30.1 Å². The highest BCUT2D eigenvalue weighted by Crippen LogP contribution is 2.13. The lowest BCUT2D eigenvalue weighted by molar-refractivity contribution is -0.156. The van der Waals surface area contributed by atoms with Crippen LogP contribution in [0.15, 0.2) is 0 Å². The smallest absolute Gasteiger partial charge is 0.317 e. The molecule has 0 radical (unpaired) electrons. The van der Waals surface area contributed by atoms with Gasteiger partial charge in [0.25, 0.3) is 0 Å². The third-order valence-electron chi connectivity index (χ3n) is 1.86. The van der Waals surface area contributed by atoms with Crippen LogP contribution in [0.4, 0.5) is 0 Å². The van der Waals surface area contributed by atoms with E-state index in [-0.39, 0.29) is 12.5 Å². The molecule has 0 aliphatic carbocycles. The Hall–Kier alpha value is -1.39. The summed E-state index contributed by atoms with van der Waals surface area (Å²) in [6.45, 7) is 4.99. The van der Waals surface area contributed by atoms with Crippen LogP contribution in [0.3, 0.4) is 0 Å². The van der Waals surface area contributed by atoms with Gasteiger partial charge in [0.15, 0.2) is 0 Å². The van der Waals surface area contributed by atoms with Crippen LogP contribution >= 0.6 is 0 Å². The molecule has 1 N–H and O–H groups in total. The SMILES string of the molecule is CCOC(=O)C(CC(=O)O)C(=O)C(C)C. The van der Waals surface area contributed by atoms with E-state index in [0.29, 0.717) is 0 Å². The Morgan fingerprint density at radius 3 is 2.13 bits per heavy atom. The molecule has 86 valence electrons. The lowest BCUT2D eigenvalue weighted by atomic mass is 9.92. The highest BCUT2D eigenvalue weighted by Gasteiger charge is 2.31. The lowest BCUT2D eigenvalue weighted by Crippen LogP contribution is -2.31. The van der Waals surface area contributed by atoms with Gasteiger partial charge in [-0.15, -0.1) is 0 Å². The van der Waals surface area contributed by atoms with Gasteiger partial charge in [-0.1, -0.05) is 13.8 Å². The van der Waals surface area contributed by atoms with E-state index in [0.717, 1.165) is 0 Å². The molecule has 0 aliphatic rings. The number of hydrogen-bond donors (Lipinski definition) is 1. The van der Waals surface area contributed by atoms with Crippen LogP contribution in [-0.2, 0) is 19.1 Å². The molecule has 15 heavy (non-hydrogen) atoms. The topological polar surface area (TPSA) is 80.7 Å². The second-order valence-electron chi connectivity index (χ2n) is 3.46. The number of carbonyl (C=O) groups excluding carboxylic acids is 2. The van der Waals surface area contributed by atoms with Crippen molar-refractivity contribution in [1.29, 1.82) is 0 Å². The highest BCUT2D eigenvalue weighted by molar-refractivity contribution is 6.02. The maximum absolute atomic E-state index is 11.5. The molecule has 0 saturated carbocycles. The van der Waals surface area contributed by atoms with Crippen LogP contribution in [0, 0.1) is 11.8 Å². The summed E-state index contributed by atoms with van der Waals surface area (Å²) in [6, 6.07) is 0. The Morgan fingerprint density at radius 1 is 1.27 bits per heavy atom. The number of carbonyl (C=O) groups is 3. The fourth-order valence-corrected chi connectivity index (χ4v) is 1.12. The standard InChI is InChI=1S/C10H16O5/c1-4-15-10(14)7(5-8(11)12)9(13)6(2)3/h6-7H,4-5H2,1-3H3,(H,11,12). The first-order valence-electron chi connectivity index (χ1n) is 4.82. The molecule has 0 aliphatic heterocycles. The minimum Gasteiger partial charge on any atom is -0.481 e. The minimum absolute atomic E-state index is 0.139. The zero-order valence-electron chi connectivity index (χ0n) is 9.15. The van der Waals surface area contributed by atoms with Gasteiger partial charge in [-0.25, -0.2) is 0 Å². The number of carboxylic acid groups (broad SMARTS) is 1. The van der Waals surface area contributed by atoms with Crippen LogP contribution in [0.25, 0.3) is 0 Å². The molecule has 0 heterocycles. The summed E-state index contributed by atoms with van der Waals surface area (Å²) < 4.78 is 4.65. The zero-order chi connectivity index (χ0) is 12.0. The van der Waals surface area contributed by atoms with Crippen molar-refractivity contribution in [3.05, 3.63) is 0 Å². The van der Waals surface area contributed by atoms with Crippen molar-refractivity contribution in [1.82, 2.24) is 0 Å². The number of ether oxygens (including phenoxy) is 1. The molecule has 0 aromatic carbocycles. The first-order valence-corrected chi connectivity index (χ1v) is 4.82. The predicted molar refractivity (Wildman–Crippen MR) is 52.2 cm³/mol. The van der Waals surface area contributed by atoms with Crippen molar-refractivity contribution in [3.8, 4) is 0 Å². The van der Waals surface area contributed by atoms with E-state index in [2.05, 4.69) is 4.74 Å². The highest BCUT2D eigenvalue weighted by atomic mass is 16.5. The Labute approximate surface area is 88.4 Å². The number of ketones is 1. The van der Waals surface area contributed by atoms with Gasteiger partial charge >= 0.3 is 11.9 Å². The van der Waals surface area contributed by atoms with Crippen LogP contribution in [0.2, 0.25) is 0 Å². The van der Waals surface area contributed by atoms with Crippen molar-refractivity contribution in [2.75, 3.05) is 6.61 Å². The second kappa shape index (κ2) is 6.16. The second-order valence-corrected chi connectivity index (χ2v) is 3.46. The largest absolute Gasteiger partial charge is 0.481 e. The Balaban J connectivity index is 4.64. The van der Waals surface area contributed by atoms with Gasteiger partial charge in [-0.2, -0.15) is 0 Å². The van der Waals surface area contributed by atoms with Crippen LogP contribution < -0.4 is 0 Å². The summed E-state index contributed by atoms with van der Waals surface area (Å²) >= 11 is 0. The Bertz CT molecular complexity index is 257. The molecular formula is C10H16O5. The molecule has 1 atom stereocenters. The molecule has 0 bridgehead atoms. The number of esters is 1. The molecular weight excluding hydrogens is 200 g/mol. The van der Waals surface area contributed by atoms with Gasteiger partial charge in [0.05, 0.1) is 13.0 Å². The molecule has 5 heteroatoms. The van der Waals surface area contributed by atoms with Gasteiger partial charge in [0, 0.05) is 5.92 Å². The molecule has 0 amide bonds. The molecule has 1 unspecified atom stereocenters.